The lowest BCUT2D eigenvalue weighted by molar-refractivity contribution is -0.117. The Morgan fingerprint density at radius 2 is 1.69 bits per heavy atom. The van der Waals surface area contributed by atoms with E-state index < -0.39 is 11.7 Å². The van der Waals surface area contributed by atoms with E-state index in [1.54, 1.807) is 39.0 Å². The fourth-order valence-corrected chi connectivity index (χ4v) is 2.20. The van der Waals surface area contributed by atoms with Crippen molar-refractivity contribution < 1.29 is 19.1 Å². The summed E-state index contributed by atoms with van der Waals surface area (Å²) in [5.74, 6) is 1.94. The second-order valence-corrected chi connectivity index (χ2v) is 7.64. The summed E-state index contributed by atoms with van der Waals surface area (Å²) in [6.45, 7) is 10.9. The molecule has 0 radical (unpaired) electrons. The van der Waals surface area contributed by atoms with Gasteiger partial charge in [0.2, 0.25) is 11.8 Å². The third kappa shape index (κ3) is 10.0. The zero-order valence-electron chi connectivity index (χ0n) is 17.5. The highest BCUT2D eigenvalue weighted by atomic mass is 16.6. The van der Waals surface area contributed by atoms with Gasteiger partial charge >= 0.3 is 6.09 Å². The van der Waals surface area contributed by atoms with Gasteiger partial charge in [-0.25, -0.2) is 4.79 Å². The van der Waals surface area contributed by atoms with Crippen molar-refractivity contribution in [1.82, 2.24) is 0 Å². The van der Waals surface area contributed by atoms with Gasteiger partial charge in [0.25, 0.3) is 0 Å². The molecule has 3 N–H and O–H groups in total. The van der Waals surface area contributed by atoms with Crippen molar-refractivity contribution in [2.75, 3.05) is 16.0 Å². The quantitative estimate of drug-likeness (QED) is 0.437. The van der Waals surface area contributed by atoms with Crippen molar-refractivity contribution in [3.8, 4) is 12.3 Å². The van der Waals surface area contributed by atoms with E-state index in [0.717, 1.165) is 5.57 Å². The minimum absolute atomic E-state index is 0.155. The second-order valence-electron chi connectivity index (χ2n) is 7.64. The molecule has 0 spiro atoms. The Balaban J connectivity index is 3.00. The van der Waals surface area contributed by atoms with Crippen LogP contribution in [0.25, 0.3) is 0 Å². The maximum Gasteiger partial charge on any atom is 0.412 e. The van der Waals surface area contributed by atoms with Crippen LogP contribution in [0, 0.1) is 12.3 Å². The normalized spacial score (nSPS) is 10.4. The Morgan fingerprint density at radius 3 is 2.28 bits per heavy atom. The number of hydrogen-bond acceptors (Lipinski definition) is 4. The zero-order valence-corrected chi connectivity index (χ0v) is 17.5. The van der Waals surface area contributed by atoms with E-state index in [0.29, 0.717) is 36.3 Å². The number of amides is 3. The molecule has 0 saturated heterocycles. The predicted molar refractivity (Wildman–Crippen MR) is 116 cm³/mol. The summed E-state index contributed by atoms with van der Waals surface area (Å²) in [5, 5.41) is 8.08. The molecular weight excluding hydrogens is 370 g/mol. The summed E-state index contributed by atoms with van der Waals surface area (Å²) in [6.07, 6.45) is 5.85. The largest absolute Gasteiger partial charge is 0.444 e. The number of hydrogen-bond donors (Lipinski definition) is 3. The van der Waals surface area contributed by atoms with E-state index in [1.807, 2.05) is 6.92 Å². The molecule has 7 nitrogen and oxygen atoms in total. The van der Waals surface area contributed by atoms with Crippen LogP contribution in [0.15, 0.2) is 30.4 Å². The van der Waals surface area contributed by atoms with Crippen molar-refractivity contribution in [1.29, 1.82) is 0 Å². The molecule has 0 heterocycles. The SMILES string of the molecule is C#CCCC(=O)Nc1ccc(NC(=O)CCC(=C)C)cc1NC(=O)OC(C)(C)C. The summed E-state index contributed by atoms with van der Waals surface area (Å²) in [6, 6.07) is 4.78. The first-order chi connectivity index (χ1) is 13.5. The molecule has 3 amide bonds. The van der Waals surface area contributed by atoms with Crippen molar-refractivity contribution in [2.45, 2.75) is 59.0 Å². The van der Waals surface area contributed by atoms with Gasteiger partial charge in [-0.05, 0) is 52.3 Å². The molecule has 1 rings (SSSR count). The van der Waals surface area contributed by atoms with Gasteiger partial charge < -0.3 is 15.4 Å². The average Bonchev–Trinajstić information content (AvgIpc) is 2.58. The Labute approximate surface area is 172 Å². The van der Waals surface area contributed by atoms with Crippen molar-refractivity contribution >= 4 is 35.0 Å². The number of benzene rings is 1. The fraction of sp³-hybridized carbons (Fsp3) is 0.409. The molecule has 0 aliphatic carbocycles. The number of allylic oxidation sites excluding steroid dienone is 1. The summed E-state index contributed by atoms with van der Waals surface area (Å²) >= 11 is 0. The molecular formula is C22H29N3O4. The zero-order chi connectivity index (χ0) is 22.0. The van der Waals surface area contributed by atoms with E-state index in [2.05, 4.69) is 28.4 Å². The maximum atomic E-state index is 12.2. The molecule has 0 unspecified atom stereocenters. The molecule has 7 heteroatoms. The van der Waals surface area contributed by atoms with E-state index in [9.17, 15) is 14.4 Å². The van der Waals surface area contributed by atoms with Gasteiger partial charge in [-0.2, -0.15) is 0 Å². The number of carbonyl (C=O) groups excluding carboxylic acids is 3. The third-order valence-electron chi connectivity index (χ3n) is 3.49. The molecule has 0 saturated carbocycles. The van der Waals surface area contributed by atoms with Crippen molar-refractivity contribution in [2.24, 2.45) is 0 Å². The molecule has 1 aromatic carbocycles. The minimum Gasteiger partial charge on any atom is -0.444 e. The highest BCUT2D eigenvalue weighted by Gasteiger charge is 2.18. The second kappa shape index (κ2) is 10.9. The third-order valence-corrected chi connectivity index (χ3v) is 3.49. The summed E-state index contributed by atoms with van der Waals surface area (Å²) in [7, 11) is 0. The number of anilines is 3. The first kappa shape index (κ1) is 23.8. The number of terminal acetylenes is 1. The van der Waals surface area contributed by atoms with Crippen LogP contribution in [-0.2, 0) is 14.3 Å². The van der Waals surface area contributed by atoms with Crippen LogP contribution in [0.4, 0.5) is 21.9 Å². The molecule has 0 fully saturated rings. The number of rotatable bonds is 8. The Hall–Kier alpha value is -3.27. The maximum absolute atomic E-state index is 12.2. The topological polar surface area (TPSA) is 96.5 Å². The number of ether oxygens (including phenoxy) is 1. The first-order valence-corrected chi connectivity index (χ1v) is 9.32. The van der Waals surface area contributed by atoms with Gasteiger partial charge in [0, 0.05) is 24.9 Å². The first-order valence-electron chi connectivity index (χ1n) is 9.32. The molecule has 156 valence electrons. The molecule has 1 aromatic rings. The van der Waals surface area contributed by atoms with Crippen LogP contribution < -0.4 is 16.0 Å². The molecule has 29 heavy (non-hydrogen) atoms. The van der Waals surface area contributed by atoms with Gasteiger partial charge in [0.1, 0.15) is 5.60 Å². The van der Waals surface area contributed by atoms with Gasteiger partial charge in [-0.3, -0.25) is 14.9 Å². The van der Waals surface area contributed by atoms with Crippen LogP contribution in [0.1, 0.15) is 53.4 Å². The fourth-order valence-electron chi connectivity index (χ4n) is 2.20. The standard InChI is InChI=1S/C22H29N3O4/c1-7-8-9-19(26)24-17-12-11-16(23-20(27)13-10-15(2)3)14-18(17)25-21(28)29-22(4,5)6/h1,11-12,14H,2,8-10,13H2,3-6H3,(H,23,27)(H,24,26)(H,25,28). The van der Waals surface area contributed by atoms with Gasteiger partial charge in [-0.1, -0.05) is 5.57 Å². The Kier molecular flexibility index (Phi) is 8.94. The van der Waals surface area contributed by atoms with Crippen LogP contribution >= 0.6 is 0 Å². The van der Waals surface area contributed by atoms with Crippen LogP contribution in [0.3, 0.4) is 0 Å². The smallest absolute Gasteiger partial charge is 0.412 e. The minimum atomic E-state index is -0.686. The summed E-state index contributed by atoms with van der Waals surface area (Å²) in [5.41, 5.74) is 1.37. The van der Waals surface area contributed by atoms with E-state index in [4.69, 9.17) is 11.2 Å². The molecule has 0 bridgehead atoms. The van der Waals surface area contributed by atoms with Crippen LogP contribution in [-0.4, -0.2) is 23.5 Å². The van der Waals surface area contributed by atoms with Crippen molar-refractivity contribution in [3.05, 3.63) is 30.4 Å². The lowest BCUT2D eigenvalue weighted by atomic mass is 10.1. The Morgan fingerprint density at radius 1 is 1.03 bits per heavy atom. The molecule has 0 atom stereocenters. The molecule has 0 aliphatic rings. The van der Waals surface area contributed by atoms with E-state index in [1.165, 1.54) is 0 Å². The number of carbonyl (C=O) groups is 3. The Bertz CT molecular complexity index is 816. The van der Waals surface area contributed by atoms with E-state index >= 15 is 0 Å². The van der Waals surface area contributed by atoms with Gasteiger partial charge in [0.15, 0.2) is 0 Å². The number of nitrogens with one attached hydrogen (secondary N) is 3. The lowest BCUT2D eigenvalue weighted by Crippen LogP contribution is -2.27. The monoisotopic (exact) mass is 399 g/mol. The van der Waals surface area contributed by atoms with E-state index in [-0.39, 0.29) is 18.2 Å². The van der Waals surface area contributed by atoms with Gasteiger partial charge in [0.05, 0.1) is 11.4 Å². The highest BCUT2D eigenvalue weighted by molar-refractivity contribution is 6.00. The van der Waals surface area contributed by atoms with Crippen LogP contribution in [0.2, 0.25) is 0 Å². The van der Waals surface area contributed by atoms with Gasteiger partial charge in [-0.15, -0.1) is 18.9 Å². The summed E-state index contributed by atoms with van der Waals surface area (Å²) < 4.78 is 5.27. The molecule has 0 aliphatic heterocycles. The van der Waals surface area contributed by atoms with Crippen LogP contribution in [0.5, 0.6) is 0 Å². The lowest BCUT2D eigenvalue weighted by Gasteiger charge is -2.21. The van der Waals surface area contributed by atoms with Crippen molar-refractivity contribution in [3.63, 3.8) is 0 Å². The molecule has 0 aromatic heterocycles. The highest BCUT2D eigenvalue weighted by Crippen LogP contribution is 2.27. The average molecular weight is 399 g/mol. The summed E-state index contributed by atoms with van der Waals surface area (Å²) in [4.78, 5) is 36.3. The predicted octanol–water partition coefficient (Wildman–Crippen LogP) is 4.68.